The van der Waals surface area contributed by atoms with Crippen LogP contribution in [0.2, 0.25) is 0 Å². The Kier molecular flexibility index (Phi) is 14.9. The molecule has 0 radical (unpaired) electrons. The van der Waals surface area contributed by atoms with Gasteiger partial charge in [0.2, 0.25) is 0 Å². The molecule has 0 aliphatic heterocycles. The fourth-order valence-corrected chi connectivity index (χ4v) is 1.60. The van der Waals surface area contributed by atoms with Gasteiger partial charge in [-0.1, -0.05) is 63.8 Å². The monoisotopic (exact) mass is 238 g/mol. The van der Waals surface area contributed by atoms with Gasteiger partial charge < -0.3 is 4.74 Å². The van der Waals surface area contributed by atoms with Gasteiger partial charge in [-0.15, -0.1) is 0 Å². The molecular formula is C16H30O. The van der Waals surface area contributed by atoms with Crippen LogP contribution in [0.15, 0.2) is 24.3 Å². The van der Waals surface area contributed by atoms with E-state index in [-0.39, 0.29) is 0 Å². The fourth-order valence-electron chi connectivity index (χ4n) is 1.60. The minimum Gasteiger partial charge on any atom is -0.373 e. The average molecular weight is 238 g/mol. The van der Waals surface area contributed by atoms with Gasteiger partial charge in [0.1, 0.15) is 0 Å². The lowest BCUT2D eigenvalue weighted by Crippen LogP contribution is -1.90. The number of ether oxygens (including phenoxy) is 1. The number of unbranched alkanes of at least 4 members (excludes halogenated alkanes) is 6. The van der Waals surface area contributed by atoms with E-state index in [0.29, 0.717) is 0 Å². The van der Waals surface area contributed by atoms with E-state index in [9.17, 15) is 0 Å². The standard InChI is InChI=1S/C16H30O/c1-3-5-7-9-11-13-15-17-16-14-12-10-8-6-4-2/h11-14H,3-10,15-16H2,1-2H3. The maximum atomic E-state index is 5.47. The molecule has 0 unspecified atom stereocenters. The molecule has 0 saturated heterocycles. The van der Waals surface area contributed by atoms with Gasteiger partial charge in [-0.05, 0) is 25.7 Å². The molecule has 0 aromatic rings. The third-order valence-electron chi connectivity index (χ3n) is 2.71. The van der Waals surface area contributed by atoms with Crippen LogP contribution in [0.3, 0.4) is 0 Å². The number of hydrogen-bond donors (Lipinski definition) is 0. The Labute approximate surface area is 108 Å². The summed E-state index contributed by atoms with van der Waals surface area (Å²) in [4.78, 5) is 0. The molecule has 0 atom stereocenters. The average Bonchev–Trinajstić information content (AvgIpc) is 2.35. The Morgan fingerprint density at radius 3 is 1.53 bits per heavy atom. The van der Waals surface area contributed by atoms with Gasteiger partial charge in [-0.2, -0.15) is 0 Å². The lowest BCUT2D eigenvalue weighted by Gasteiger charge is -1.96. The molecule has 0 aromatic carbocycles. The summed E-state index contributed by atoms with van der Waals surface area (Å²) in [6.45, 7) is 5.98. The first-order chi connectivity index (χ1) is 8.41. The van der Waals surface area contributed by atoms with E-state index in [0.717, 1.165) is 13.2 Å². The highest BCUT2D eigenvalue weighted by Gasteiger charge is 1.83. The number of hydrogen-bond acceptors (Lipinski definition) is 1. The first kappa shape index (κ1) is 16.4. The Balaban J connectivity index is 3.11. The van der Waals surface area contributed by atoms with Crippen molar-refractivity contribution in [3.05, 3.63) is 24.3 Å². The summed E-state index contributed by atoms with van der Waals surface area (Å²) in [7, 11) is 0. The van der Waals surface area contributed by atoms with E-state index in [1.807, 2.05) is 0 Å². The van der Waals surface area contributed by atoms with Crippen LogP contribution in [0, 0.1) is 0 Å². The van der Waals surface area contributed by atoms with Gasteiger partial charge in [-0.3, -0.25) is 0 Å². The summed E-state index contributed by atoms with van der Waals surface area (Å²) in [5, 5.41) is 0. The van der Waals surface area contributed by atoms with Crippen molar-refractivity contribution in [3.63, 3.8) is 0 Å². The van der Waals surface area contributed by atoms with Crippen molar-refractivity contribution in [2.45, 2.75) is 65.2 Å². The van der Waals surface area contributed by atoms with E-state index in [4.69, 9.17) is 4.74 Å². The Morgan fingerprint density at radius 2 is 1.12 bits per heavy atom. The highest BCUT2D eigenvalue weighted by atomic mass is 16.5. The lowest BCUT2D eigenvalue weighted by molar-refractivity contribution is 0.193. The van der Waals surface area contributed by atoms with Crippen molar-refractivity contribution in [3.8, 4) is 0 Å². The van der Waals surface area contributed by atoms with E-state index in [1.54, 1.807) is 0 Å². The first-order valence-corrected chi connectivity index (χ1v) is 7.29. The zero-order chi connectivity index (χ0) is 12.6. The maximum absolute atomic E-state index is 5.47. The molecule has 1 nitrogen and oxygen atoms in total. The quantitative estimate of drug-likeness (QED) is 0.332. The van der Waals surface area contributed by atoms with E-state index < -0.39 is 0 Å². The third-order valence-corrected chi connectivity index (χ3v) is 2.71. The molecule has 0 saturated carbocycles. The molecule has 0 N–H and O–H groups in total. The van der Waals surface area contributed by atoms with Crippen molar-refractivity contribution in [2.75, 3.05) is 13.2 Å². The molecule has 100 valence electrons. The predicted molar refractivity (Wildman–Crippen MR) is 77.4 cm³/mol. The summed E-state index contributed by atoms with van der Waals surface area (Å²) in [6, 6.07) is 0. The Morgan fingerprint density at radius 1 is 0.647 bits per heavy atom. The first-order valence-electron chi connectivity index (χ1n) is 7.29. The van der Waals surface area contributed by atoms with Crippen LogP contribution in [0.1, 0.15) is 65.2 Å². The van der Waals surface area contributed by atoms with Gasteiger partial charge in [0.15, 0.2) is 0 Å². The highest BCUT2D eigenvalue weighted by Crippen LogP contribution is 2.00. The van der Waals surface area contributed by atoms with Crippen LogP contribution >= 0.6 is 0 Å². The van der Waals surface area contributed by atoms with Crippen LogP contribution in [0.4, 0.5) is 0 Å². The molecule has 1 heteroatoms. The fraction of sp³-hybridized carbons (Fsp3) is 0.750. The summed E-state index contributed by atoms with van der Waals surface area (Å²) in [6.07, 6.45) is 19.0. The second-order valence-corrected chi connectivity index (χ2v) is 4.47. The lowest BCUT2D eigenvalue weighted by atomic mass is 10.2. The molecule has 0 fully saturated rings. The van der Waals surface area contributed by atoms with E-state index >= 15 is 0 Å². The molecule has 17 heavy (non-hydrogen) atoms. The zero-order valence-electron chi connectivity index (χ0n) is 11.8. The molecule has 0 aromatic heterocycles. The largest absolute Gasteiger partial charge is 0.373 e. The predicted octanol–water partition coefficient (Wildman–Crippen LogP) is 5.28. The Hall–Kier alpha value is -0.560. The number of allylic oxidation sites excluding steroid dienone is 2. The molecule has 0 amide bonds. The van der Waals surface area contributed by atoms with Crippen molar-refractivity contribution >= 4 is 0 Å². The van der Waals surface area contributed by atoms with Crippen molar-refractivity contribution < 1.29 is 4.74 Å². The highest BCUT2D eigenvalue weighted by molar-refractivity contribution is 4.84. The maximum Gasteiger partial charge on any atom is 0.0651 e. The van der Waals surface area contributed by atoms with Crippen molar-refractivity contribution in [1.82, 2.24) is 0 Å². The van der Waals surface area contributed by atoms with Crippen LogP contribution in [0.5, 0.6) is 0 Å². The SMILES string of the molecule is CCCCCC=CCOCC=CCCCCC. The second kappa shape index (κ2) is 15.4. The summed E-state index contributed by atoms with van der Waals surface area (Å²) in [5.41, 5.74) is 0. The van der Waals surface area contributed by atoms with Crippen LogP contribution in [-0.4, -0.2) is 13.2 Å². The second-order valence-electron chi connectivity index (χ2n) is 4.47. The molecular weight excluding hydrogens is 208 g/mol. The minimum absolute atomic E-state index is 0.755. The molecule has 0 rings (SSSR count). The van der Waals surface area contributed by atoms with Crippen LogP contribution in [0.25, 0.3) is 0 Å². The smallest absolute Gasteiger partial charge is 0.0651 e. The van der Waals surface area contributed by atoms with Crippen LogP contribution in [-0.2, 0) is 4.74 Å². The molecule has 0 aliphatic carbocycles. The van der Waals surface area contributed by atoms with Gasteiger partial charge in [-0.25, -0.2) is 0 Å². The zero-order valence-corrected chi connectivity index (χ0v) is 11.8. The van der Waals surface area contributed by atoms with Gasteiger partial charge in [0.05, 0.1) is 13.2 Å². The topological polar surface area (TPSA) is 9.23 Å². The summed E-state index contributed by atoms with van der Waals surface area (Å²) < 4.78 is 5.47. The third kappa shape index (κ3) is 15.4. The molecule has 0 aliphatic rings. The van der Waals surface area contributed by atoms with Gasteiger partial charge >= 0.3 is 0 Å². The van der Waals surface area contributed by atoms with Crippen molar-refractivity contribution in [1.29, 1.82) is 0 Å². The minimum atomic E-state index is 0.755. The van der Waals surface area contributed by atoms with Crippen LogP contribution < -0.4 is 0 Å². The van der Waals surface area contributed by atoms with E-state index in [2.05, 4.69) is 38.2 Å². The van der Waals surface area contributed by atoms with E-state index in [1.165, 1.54) is 51.4 Å². The summed E-state index contributed by atoms with van der Waals surface area (Å²) >= 11 is 0. The molecule has 0 bridgehead atoms. The Bertz CT molecular complexity index is 162. The van der Waals surface area contributed by atoms with Gasteiger partial charge in [0.25, 0.3) is 0 Å². The summed E-state index contributed by atoms with van der Waals surface area (Å²) in [5.74, 6) is 0. The number of rotatable bonds is 12. The normalized spacial score (nSPS) is 11.9. The molecule has 0 heterocycles. The van der Waals surface area contributed by atoms with Gasteiger partial charge in [0, 0.05) is 0 Å². The van der Waals surface area contributed by atoms with Crippen molar-refractivity contribution in [2.24, 2.45) is 0 Å². The molecule has 0 spiro atoms.